The first-order chi connectivity index (χ1) is 17.3. The van der Waals surface area contributed by atoms with Crippen molar-refractivity contribution in [3.63, 3.8) is 0 Å². The van der Waals surface area contributed by atoms with Gasteiger partial charge in [-0.25, -0.2) is 0 Å². The Bertz CT molecular complexity index is 1340. The van der Waals surface area contributed by atoms with Crippen molar-refractivity contribution < 1.29 is 22.8 Å². The zero-order valence-electron chi connectivity index (χ0n) is 19.6. The lowest BCUT2D eigenvalue weighted by molar-refractivity contribution is -0.137. The number of aromatic nitrogens is 1. The molecule has 1 aliphatic carbocycles. The summed E-state index contributed by atoms with van der Waals surface area (Å²) < 4.78 is 40.7. The van der Waals surface area contributed by atoms with Crippen molar-refractivity contribution in [2.45, 2.75) is 44.7 Å². The Morgan fingerprint density at radius 3 is 2.61 bits per heavy atom. The largest absolute Gasteiger partial charge is 0.416 e. The molecule has 2 amide bonds. The first-order valence-corrected chi connectivity index (χ1v) is 12.2. The Morgan fingerprint density at radius 2 is 1.83 bits per heavy atom. The van der Waals surface area contributed by atoms with Crippen LogP contribution >= 0.6 is 0 Å². The number of nitrogens with one attached hydrogen (secondary N) is 1. The van der Waals surface area contributed by atoms with Crippen molar-refractivity contribution in [2.75, 3.05) is 16.8 Å². The van der Waals surface area contributed by atoms with E-state index in [-0.39, 0.29) is 23.4 Å². The van der Waals surface area contributed by atoms with Gasteiger partial charge >= 0.3 is 6.18 Å². The van der Waals surface area contributed by atoms with Gasteiger partial charge in [-0.3, -0.25) is 14.6 Å². The van der Waals surface area contributed by atoms with Crippen molar-refractivity contribution >= 4 is 39.7 Å². The molecule has 36 heavy (non-hydrogen) atoms. The van der Waals surface area contributed by atoms with Gasteiger partial charge in [0.05, 0.1) is 16.8 Å². The van der Waals surface area contributed by atoms with E-state index in [1.54, 1.807) is 18.3 Å². The van der Waals surface area contributed by atoms with Gasteiger partial charge in [-0.15, -0.1) is 0 Å². The van der Waals surface area contributed by atoms with Gasteiger partial charge in [0.25, 0.3) is 0 Å². The molecule has 0 atom stereocenters. The van der Waals surface area contributed by atoms with Gasteiger partial charge in [-0.05, 0) is 61.6 Å². The average Bonchev–Trinajstić information content (AvgIpc) is 3.34. The van der Waals surface area contributed by atoms with Crippen LogP contribution in [0.4, 0.5) is 24.5 Å². The number of hydrogen-bond acceptors (Lipinski definition) is 3. The number of rotatable bonds is 3. The fourth-order valence-electron chi connectivity index (χ4n) is 5.14. The maximum Gasteiger partial charge on any atom is 0.416 e. The van der Waals surface area contributed by atoms with Crippen molar-refractivity contribution in [3.05, 3.63) is 71.9 Å². The number of pyridine rings is 1. The quantitative estimate of drug-likeness (QED) is 0.419. The molecule has 0 saturated heterocycles. The van der Waals surface area contributed by atoms with Crippen LogP contribution < -0.4 is 10.2 Å². The average molecular weight is 494 g/mol. The zero-order chi connectivity index (χ0) is 25.3. The Hall–Kier alpha value is -3.68. The molecule has 2 aliphatic rings. The van der Waals surface area contributed by atoms with Crippen LogP contribution in [0.1, 0.15) is 49.7 Å². The second-order valence-corrected chi connectivity index (χ2v) is 9.37. The van der Waals surface area contributed by atoms with E-state index in [0.717, 1.165) is 48.7 Å². The predicted octanol–water partition coefficient (Wildman–Crippen LogP) is 6.59. The highest BCUT2D eigenvalue weighted by Gasteiger charge is 2.35. The van der Waals surface area contributed by atoms with E-state index in [2.05, 4.69) is 10.3 Å². The monoisotopic (exact) mass is 493 g/mol. The summed E-state index contributed by atoms with van der Waals surface area (Å²) in [6, 6.07) is 12.6. The maximum atomic E-state index is 13.6. The molecule has 5 rings (SSSR count). The number of allylic oxidation sites excluding steroid dienone is 1. The zero-order valence-corrected chi connectivity index (χ0v) is 19.6. The lowest BCUT2D eigenvalue weighted by atomic mass is 9.97. The van der Waals surface area contributed by atoms with Crippen molar-refractivity contribution in [1.29, 1.82) is 0 Å². The third-order valence-corrected chi connectivity index (χ3v) is 6.94. The van der Waals surface area contributed by atoms with E-state index >= 15 is 0 Å². The molecule has 2 heterocycles. The highest BCUT2D eigenvalue weighted by molar-refractivity contribution is 6.07. The van der Waals surface area contributed by atoms with E-state index in [0.29, 0.717) is 36.2 Å². The maximum absolute atomic E-state index is 13.6. The number of halogens is 3. The number of anilines is 2. The molecule has 2 aromatic carbocycles. The third-order valence-electron chi connectivity index (χ3n) is 6.94. The van der Waals surface area contributed by atoms with E-state index < -0.39 is 11.7 Å². The van der Waals surface area contributed by atoms with Crippen LogP contribution in [0.25, 0.3) is 16.5 Å². The first-order valence-electron chi connectivity index (χ1n) is 12.2. The highest BCUT2D eigenvalue weighted by Crippen LogP contribution is 2.40. The number of amides is 2. The summed E-state index contributed by atoms with van der Waals surface area (Å²) >= 11 is 0. The molecular formula is C28H26F3N3O2. The lowest BCUT2D eigenvalue weighted by Crippen LogP contribution is -2.36. The molecule has 1 aromatic heterocycles. The molecule has 5 nitrogen and oxygen atoms in total. The Labute approximate surface area is 207 Å². The molecule has 3 aromatic rings. The van der Waals surface area contributed by atoms with Gasteiger partial charge in [0.1, 0.15) is 0 Å². The third kappa shape index (κ3) is 4.98. The molecule has 1 aliphatic heterocycles. The Kier molecular flexibility index (Phi) is 6.51. The summed E-state index contributed by atoms with van der Waals surface area (Å²) in [5.41, 5.74) is 1.83. The molecule has 0 unspecified atom stereocenters. The molecule has 8 heteroatoms. The number of fused-ring (bicyclic) bond motifs is 2. The van der Waals surface area contributed by atoms with Gasteiger partial charge in [-0.2, -0.15) is 13.2 Å². The molecule has 1 saturated carbocycles. The number of carbonyl (C=O) groups excluding carboxylic acids is 2. The second kappa shape index (κ2) is 9.76. The minimum absolute atomic E-state index is 0.123. The first kappa shape index (κ1) is 24.0. The van der Waals surface area contributed by atoms with Crippen LogP contribution in [0.3, 0.4) is 0 Å². The Balaban J connectivity index is 1.48. The standard InChI is InChI=1S/C28H26F3N3O2/c29-28(30,31)21-10-12-23-20(8-4-14-34(25(23)16-21)27(36)19-5-1-2-6-19)15-26(35)33-22-11-9-18-7-3-13-32-24(18)17-22/h3,7,9-13,15-17,19H,1-2,4-6,8,14H2,(H,33,35). The van der Waals surface area contributed by atoms with Crippen LogP contribution in [0.5, 0.6) is 0 Å². The predicted molar refractivity (Wildman–Crippen MR) is 133 cm³/mol. The van der Waals surface area contributed by atoms with Gasteiger partial charge in [-0.1, -0.05) is 31.0 Å². The smallest absolute Gasteiger partial charge is 0.322 e. The summed E-state index contributed by atoms with van der Waals surface area (Å²) in [6.45, 7) is 0.318. The van der Waals surface area contributed by atoms with E-state index in [9.17, 15) is 22.8 Å². The SMILES string of the molecule is O=C(C=C1CCCN(C(=O)C2CCCC2)c2cc(C(F)(F)F)ccc21)Nc1ccc2cccnc2c1. The molecule has 0 radical (unpaired) electrons. The fraction of sp³-hybridized carbons (Fsp3) is 0.321. The summed E-state index contributed by atoms with van der Waals surface area (Å²) in [6.07, 6.45) is 3.02. The summed E-state index contributed by atoms with van der Waals surface area (Å²) in [7, 11) is 0. The van der Waals surface area contributed by atoms with Crippen LogP contribution in [0.15, 0.2) is 60.8 Å². The van der Waals surface area contributed by atoms with Gasteiger partial charge in [0, 0.05) is 41.4 Å². The number of alkyl halides is 3. The van der Waals surface area contributed by atoms with Gasteiger partial charge in [0.15, 0.2) is 0 Å². The summed E-state index contributed by atoms with van der Waals surface area (Å²) in [5.74, 6) is -0.674. The van der Waals surface area contributed by atoms with Gasteiger partial charge < -0.3 is 10.2 Å². The molecular weight excluding hydrogens is 467 g/mol. The number of carbonyl (C=O) groups is 2. The highest BCUT2D eigenvalue weighted by atomic mass is 19.4. The van der Waals surface area contributed by atoms with Crippen molar-refractivity contribution in [3.8, 4) is 0 Å². The summed E-state index contributed by atoms with van der Waals surface area (Å²) in [4.78, 5) is 32.0. The number of hydrogen-bond donors (Lipinski definition) is 1. The number of benzene rings is 2. The van der Waals surface area contributed by atoms with Gasteiger partial charge in [0.2, 0.25) is 11.8 Å². The lowest BCUT2D eigenvalue weighted by Gasteiger charge is -2.26. The van der Waals surface area contributed by atoms with Crippen molar-refractivity contribution in [1.82, 2.24) is 4.98 Å². The molecule has 186 valence electrons. The van der Waals surface area contributed by atoms with E-state index in [1.165, 1.54) is 17.0 Å². The van der Waals surface area contributed by atoms with Crippen LogP contribution in [-0.2, 0) is 15.8 Å². The molecule has 0 spiro atoms. The van der Waals surface area contributed by atoms with E-state index in [1.807, 2.05) is 18.2 Å². The molecule has 0 bridgehead atoms. The number of nitrogens with zero attached hydrogens (tertiary/aromatic N) is 2. The van der Waals surface area contributed by atoms with Crippen molar-refractivity contribution in [2.24, 2.45) is 5.92 Å². The normalized spacial score (nSPS) is 17.8. The second-order valence-electron chi connectivity index (χ2n) is 9.37. The van der Waals surface area contributed by atoms with Crippen LogP contribution in [-0.4, -0.2) is 23.3 Å². The molecule has 1 N–H and O–H groups in total. The van der Waals surface area contributed by atoms with E-state index in [4.69, 9.17) is 0 Å². The Morgan fingerprint density at radius 1 is 1.03 bits per heavy atom. The summed E-state index contributed by atoms with van der Waals surface area (Å²) in [5, 5.41) is 3.77. The van der Waals surface area contributed by atoms with Crippen LogP contribution in [0.2, 0.25) is 0 Å². The van der Waals surface area contributed by atoms with Crippen LogP contribution in [0, 0.1) is 5.92 Å². The minimum atomic E-state index is -4.53. The fourth-order valence-corrected chi connectivity index (χ4v) is 5.14. The molecule has 1 fully saturated rings. The topological polar surface area (TPSA) is 62.3 Å². The minimum Gasteiger partial charge on any atom is -0.322 e.